The average Bonchev–Trinajstić information content (AvgIpc) is 2.32. The number of carboxylic acid groups (broad SMARTS) is 1. The molecule has 0 rings (SSSR count). The summed E-state index contributed by atoms with van der Waals surface area (Å²) in [5.41, 5.74) is 0. The van der Waals surface area contributed by atoms with Crippen molar-refractivity contribution in [2.75, 3.05) is 13.1 Å². The third-order valence-electron chi connectivity index (χ3n) is 3.29. The van der Waals surface area contributed by atoms with Crippen molar-refractivity contribution in [2.45, 2.75) is 66.1 Å². The first kappa shape index (κ1) is 19.7. The van der Waals surface area contributed by atoms with Gasteiger partial charge in [-0.25, -0.2) is 9.59 Å². The number of amides is 2. The molecule has 0 aliphatic heterocycles. The molecule has 21 heavy (non-hydrogen) atoms. The highest BCUT2D eigenvalue weighted by molar-refractivity contribution is 5.82. The van der Waals surface area contributed by atoms with Gasteiger partial charge < -0.3 is 15.7 Å². The molecule has 0 aliphatic rings. The number of aliphatic carboxylic acids is 1. The number of hydrogen-bond acceptors (Lipinski definition) is 3. The standard InChI is InChI=1S/C15H31N3O3/c1-10(2)9-13(14(19)20)17-15(21)16-7-8-18(11(3)4)12(5)6/h10-13H,7-9H2,1-6H3,(H,19,20)(H2,16,17,21)/t13-/m0/s1. The van der Waals surface area contributed by atoms with Crippen molar-refractivity contribution < 1.29 is 14.7 Å². The molecule has 0 saturated heterocycles. The summed E-state index contributed by atoms with van der Waals surface area (Å²) >= 11 is 0. The number of nitrogens with one attached hydrogen (secondary N) is 2. The summed E-state index contributed by atoms with van der Waals surface area (Å²) in [7, 11) is 0. The van der Waals surface area contributed by atoms with Gasteiger partial charge in [0.2, 0.25) is 0 Å². The van der Waals surface area contributed by atoms with Crippen LogP contribution in [-0.4, -0.2) is 53.2 Å². The van der Waals surface area contributed by atoms with E-state index in [1.165, 1.54) is 0 Å². The number of nitrogens with zero attached hydrogens (tertiary/aromatic N) is 1. The van der Waals surface area contributed by atoms with Crippen LogP contribution in [0.3, 0.4) is 0 Å². The minimum absolute atomic E-state index is 0.212. The number of carboxylic acids is 1. The van der Waals surface area contributed by atoms with E-state index in [-0.39, 0.29) is 5.92 Å². The first-order valence-electron chi connectivity index (χ1n) is 7.68. The third kappa shape index (κ3) is 8.55. The molecule has 2 amide bonds. The molecule has 0 fully saturated rings. The third-order valence-corrected chi connectivity index (χ3v) is 3.29. The highest BCUT2D eigenvalue weighted by Gasteiger charge is 2.21. The van der Waals surface area contributed by atoms with E-state index in [0.29, 0.717) is 25.0 Å². The molecule has 0 saturated carbocycles. The van der Waals surface area contributed by atoms with E-state index in [0.717, 1.165) is 6.54 Å². The van der Waals surface area contributed by atoms with E-state index in [2.05, 4.69) is 43.2 Å². The van der Waals surface area contributed by atoms with Gasteiger partial charge in [-0.1, -0.05) is 13.8 Å². The van der Waals surface area contributed by atoms with Gasteiger partial charge in [-0.15, -0.1) is 0 Å². The Kier molecular flexibility index (Phi) is 9.01. The smallest absolute Gasteiger partial charge is 0.326 e. The maximum absolute atomic E-state index is 11.8. The molecule has 0 heterocycles. The fourth-order valence-corrected chi connectivity index (χ4v) is 2.31. The predicted molar refractivity (Wildman–Crippen MR) is 84.4 cm³/mol. The van der Waals surface area contributed by atoms with Crippen molar-refractivity contribution in [3.8, 4) is 0 Å². The Hall–Kier alpha value is -1.30. The van der Waals surface area contributed by atoms with Crippen molar-refractivity contribution in [3.63, 3.8) is 0 Å². The van der Waals surface area contributed by atoms with Crippen LogP contribution in [-0.2, 0) is 4.79 Å². The first-order chi connectivity index (χ1) is 9.65. The average molecular weight is 301 g/mol. The molecule has 0 aromatic carbocycles. The van der Waals surface area contributed by atoms with Gasteiger partial charge in [0.1, 0.15) is 6.04 Å². The summed E-state index contributed by atoms with van der Waals surface area (Å²) in [6, 6.07) is -0.447. The van der Waals surface area contributed by atoms with E-state index in [1.807, 2.05) is 13.8 Å². The lowest BCUT2D eigenvalue weighted by atomic mass is 10.0. The van der Waals surface area contributed by atoms with Crippen LogP contribution in [0.5, 0.6) is 0 Å². The van der Waals surface area contributed by atoms with Crippen molar-refractivity contribution in [2.24, 2.45) is 5.92 Å². The van der Waals surface area contributed by atoms with Crippen LogP contribution in [0.2, 0.25) is 0 Å². The summed E-state index contributed by atoms with van der Waals surface area (Å²) in [6.07, 6.45) is 0.423. The van der Waals surface area contributed by atoms with Crippen LogP contribution in [0.4, 0.5) is 4.79 Å². The van der Waals surface area contributed by atoms with Gasteiger partial charge in [0.25, 0.3) is 0 Å². The monoisotopic (exact) mass is 301 g/mol. The van der Waals surface area contributed by atoms with Crippen molar-refractivity contribution in [3.05, 3.63) is 0 Å². The largest absolute Gasteiger partial charge is 0.480 e. The van der Waals surface area contributed by atoms with Crippen molar-refractivity contribution in [1.82, 2.24) is 15.5 Å². The second-order valence-electron chi connectivity index (χ2n) is 6.35. The Morgan fingerprint density at radius 3 is 1.95 bits per heavy atom. The molecule has 0 aromatic rings. The minimum Gasteiger partial charge on any atom is -0.480 e. The van der Waals surface area contributed by atoms with Gasteiger partial charge >= 0.3 is 12.0 Å². The topological polar surface area (TPSA) is 81.7 Å². The summed E-state index contributed by atoms with van der Waals surface area (Å²) in [5, 5.41) is 14.3. The highest BCUT2D eigenvalue weighted by Crippen LogP contribution is 2.05. The van der Waals surface area contributed by atoms with Gasteiger partial charge in [0, 0.05) is 25.2 Å². The van der Waals surface area contributed by atoms with Gasteiger partial charge in [-0.2, -0.15) is 0 Å². The first-order valence-corrected chi connectivity index (χ1v) is 7.68. The number of carbonyl (C=O) groups excluding carboxylic acids is 1. The normalized spacial score (nSPS) is 13.0. The molecule has 6 nitrogen and oxygen atoms in total. The Bertz CT molecular complexity index is 322. The highest BCUT2D eigenvalue weighted by atomic mass is 16.4. The van der Waals surface area contributed by atoms with Crippen molar-refractivity contribution >= 4 is 12.0 Å². The lowest BCUT2D eigenvalue weighted by molar-refractivity contribution is -0.139. The fourth-order valence-electron chi connectivity index (χ4n) is 2.31. The molecule has 0 unspecified atom stereocenters. The minimum atomic E-state index is -0.996. The molecule has 0 bridgehead atoms. The molecule has 0 spiro atoms. The molecule has 124 valence electrons. The van der Waals surface area contributed by atoms with E-state index < -0.39 is 18.0 Å². The summed E-state index contributed by atoms with van der Waals surface area (Å²) in [6.45, 7) is 13.6. The molecule has 1 atom stereocenters. The lowest BCUT2D eigenvalue weighted by Crippen LogP contribution is -2.49. The summed E-state index contributed by atoms with van der Waals surface area (Å²) in [5.74, 6) is -0.784. The molecule has 3 N–H and O–H groups in total. The van der Waals surface area contributed by atoms with E-state index in [4.69, 9.17) is 5.11 Å². The number of hydrogen-bond donors (Lipinski definition) is 3. The molecular formula is C15H31N3O3. The number of carbonyl (C=O) groups is 2. The molecular weight excluding hydrogens is 270 g/mol. The van der Waals surface area contributed by atoms with Crippen molar-refractivity contribution in [1.29, 1.82) is 0 Å². The zero-order valence-electron chi connectivity index (χ0n) is 14.1. The van der Waals surface area contributed by atoms with Crippen LogP contribution in [0, 0.1) is 5.92 Å². The van der Waals surface area contributed by atoms with Crippen LogP contribution in [0.15, 0.2) is 0 Å². The lowest BCUT2D eigenvalue weighted by Gasteiger charge is -2.30. The Balaban J connectivity index is 4.22. The molecule has 0 aliphatic carbocycles. The van der Waals surface area contributed by atoms with E-state index >= 15 is 0 Å². The van der Waals surface area contributed by atoms with Gasteiger partial charge in [-0.05, 0) is 40.0 Å². The second-order valence-corrected chi connectivity index (χ2v) is 6.35. The predicted octanol–water partition coefficient (Wildman–Crippen LogP) is 1.90. The number of urea groups is 1. The van der Waals surface area contributed by atoms with Crippen LogP contribution in [0.1, 0.15) is 48.0 Å². The maximum Gasteiger partial charge on any atom is 0.326 e. The van der Waals surface area contributed by atoms with Crippen LogP contribution >= 0.6 is 0 Å². The summed E-state index contributed by atoms with van der Waals surface area (Å²) in [4.78, 5) is 25.1. The van der Waals surface area contributed by atoms with Gasteiger partial charge in [0.05, 0.1) is 0 Å². The quantitative estimate of drug-likeness (QED) is 0.607. The molecule has 0 radical (unpaired) electrons. The van der Waals surface area contributed by atoms with E-state index in [9.17, 15) is 9.59 Å². The van der Waals surface area contributed by atoms with Gasteiger partial charge in [-0.3, -0.25) is 4.90 Å². The fraction of sp³-hybridized carbons (Fsp3) is 0.867. The summed E-state index contributed by atoms with van der Waals surface area (Å²) < 4.78 is 0. The maximum atomic E-state index is 11.8. The molecule has 0 aromatic heterocycles. The van der Waals surface area contributed by atoms with Crippen LogP contribution in [0.25, 0.3) is 0 Å². The zero-order chi connectivity index (χ0) is 16.6. The zero-order valence-corrected chi connectivity index (χ0v) is 14.1. The Labute approximate surface area is 128 Å². The Morgan fingerprint density at radius 2 is 1.57 bits per heavy atom. The number of rotatable bonds is 9. The SMILES string of the molecule is CC(C)C[C@H](NC(=O)NCCN(C(C)C)C(C)C)C(=O)O. The Morgan fingerprint density at radius 1 is 1.05 bits per heavy atom. The van der Waals surface area contributed by atoms with Crippen LogP contribution < -0.4 is 10.6 Å². The molecule has 6 heteroatoms. The van der Waals surface area contributed by atoms with E-state index in [1.54, 1.807) is 0 Å². The second kappa shape index (κ2) is 9.60. The van der Waals surface area contributed by atoms with Gasteiger partial charge in [0.15, 0.2) is 0 Å².